The molecular formula is C9H14O3S. The van der Waals surface area contributed by atoms with E-state index in [0.29, 0.717) is 11.3 Å². The van der Waals surface area contributed by atoms with Gasteiger partial charge in [0.05, 0.1) is 13.7 Å². The van der Waals surface area contributed by atoms with Gasteiger partial charge < -0.3 is 14.9 Å². The molecule has 0 aliphatic carbocycles. The minimum Gasteiger partial charge on any atom is -0.497 e. The summed E-state index contributed by atoms with van der Waals surface area (Å²) in [6.07, 6.45) is -0.819. The van der Waals surface area contributed by atoms with Gasteiger partial charge in [0.1, 0.15) is 11.9 Å². The average molecular weight is 202 g/mol. The molecule has 0 amide bonds. The molecule has 0 bridgehead atoms. The Hall–Kier alpha value is -0.710. The van der Waals surface area contributed by atoms with Crippen molar-refractivity contribution in [1.29, 1.82) is 0 Å². The van der Waals surface area contributed by atoms with E-state index < -0.39 is 6.10 Å². The summed E-state index contributed by atoms with van der Waals surface area (Å²) in [4.78, 5) is 0. The largest absolute Gasteiger partial charge is 0.497 e. The van der Waals surface area contributed by atoms with E-state index in [0.717, 1.165) is 0 Å². The van der Waals surface area contributed by atoms with Crippen LogP contribution in [0.15, 0.2) is 24.3 Å². The van der Waals surface area contributed by atoms with Gasteiger partial charge in [-0.2, -0.15) is 13.5 Å². The number of aliphatic hydroxyl groups is 2. The summed E-state index contributed by atoms with van der Waals surface area (Å²) in [6.45, 7) is -0.271. The Morgan fingerprint density at radius 2 is 2.15 bits per heavy atom. The van der Waals surface area contributed by atoms with Gasteiger partial charge in [0, 0.05) is 0 Å². The lowest BCUT2D eigenvalue weighted by atomic mass is 10.1. The van der Waals surface area contributed by atoms with E-state index in [1.807, 2.05) is 0 Å². The van der Waals surface area contributed by atoms with E-state index in [2.05, 4.69) is 0 Å². The number of ether oxygens (including phenoxy) is 1. The first kappa shape index (κ1) is 12.3. The molecule has 0 radical (unpaired) electrons. The van der Waals surface area contributed by atoms with Crippen molar-refractivity contribution in [3.63, 3.8) is 0 Å². The molecule has 74 valence electrons. The molecule has 0 spiro atoms. The highest BCUT2D eigenvalue weighted by Crippen LogP contribution is 2.18. The molecule has 0 saturated carbocycles. The van der Waals surface area contributed by atoms with E-state index in [4.69, 9.17) is 9.84 Å². The second-order valence-corrected chi connectivity index (χ2v) is 2.47. The third kappa shape index (κ3) is 3.26. The molecule has 0 saturated heterocycles. The fraction of sp³-hybridized carbons (Fsp3) is 0.333. The Morgan fingerprint density at radius 3 is 2.69 bits per heavy atom. The van der Waals surface area contributed by atoms with Crippen LogP contribution in [0.25, 0.3) is 0 Å². The Balaban J connectivity index is 0.00000144. The zero-order chi connectivity index (χ0) is 8.97. The highest BCUT2D eigenvalue weighted by atomic mass is 32.1. The summed E-state index contributed by atoms with van der Waals surface area (Å²) >= 11 is 0. The summed E-state index contributed by atoms with van der Waals surface area (Å²) in [5, 5.41) is 17.9. The second-order valence-electron chi connectivity index (χ2n) is 2.47. The first-order valence-electron chi connectivity index (χ1n) is 3.71. The maximum atomic E-state index is 9.24. The Morgan fingerprint density at radius 1 is 1.46 bits per heavy atom. The predicted molar refractivity (Wildman–Crippen MR) is 55.4 cm³/mol. The van der Waals surface area contributed by atoms with E-state index >= 15 is 0 Å². The molecule has 0 aliphatic rings. The SMILES string of the molecule is COc1cccc([C@@H](O)CO)c1.S. The quantitative estimate of drug-likeness (QED) is 0.763. The topological polar surface area (TPSA) is 49.7 Å². The maximum absolute atomic E-state index is 9.24. The van der Waals surface area contributed by atoms with Crippen molar-refractivity contribution in [2.45, 2.75) is 6.10 Å². The minimum atomic E-state index is -0.819. The second kappa shape index (κ2) is 5.85. The van der Waals surface area contributed by atoms with Crippen LogP contribution in [0.2, 0.25) is 0 Å². The average Bonchev–Trinajstić information content (AvgIpc) is 2.17. The lowest BCUT2D eigenvalue weighted by Gasteiger charge is -2.08. The van der Waals surface area contributed by atoms with Crippen LogP contribution >= 0.6 is 13.5 Å². The number of aliphatic hydroxyl groups excluding tert-OH is 2. The third-order valence-electron chi connectivity index (χ3n) is 1.65. The Bertz CT molecular complexity index is 252. The molecule has 1 atom stereocenters. The molecule has 0 fully saturated rings. The van der Waals surface area contributed by atoms with Crippen molar-refractivity contribution in [1.82, 2.24) is 0 Å². The maximum Gasteiger partial charge on any atom is 0.119 e. The summed E-state index contributed by atoms with van der Waals surface area (Å²) in [6, 6.07) is 6.99. The normalized spacial score (nSPS) is 11.6. The van der Waals surface area contributed by atoms with Crippen molar-refractivity contribution >= 4 is 13.5 Å². The van der Waals surface area contributed by atoms with Crippen LogP contribution in [0, 0.1) is 0 Å². The first-order valence-corrected chi connectivity index (χ1v) is 3.71. The summed E-state index contributed by atoms with van der Waals surface area (Å²) < 4.78 is 4.96. The molecule has 2 N–H and O–H groups in total. The van der Waals surface area contributed by atoms with Crippen LogP contribution < -0.4 is 4.74 Å². The first-order chi connectivity index (χ1) is 5.77. The number of hydrogen-bond acceptors (Lipinski definition) is 3. The fourth-order valence-electron chi connectivity index (χ4n) is 0.954. The van der Waals surface area contributed by atoms with Crippen molar-refractivity contribution < 1.29 is 14.9 Å². The molecule has 0 aromatic heterocycles. The highest BCUT2D eigenvalue weighted by Gasteiger charge is 2.05. The van der Waals surface area contributed by atoms with Gasteiger partial charge in [0.25, 0.3) is 0 Å². The predicted octanol–water partition coefficient (Wildman–Crippen LogP) is 0.834. The van der Waals surface area contributed by atoms with Gasteiger partial charge in [-0.25, -0.2) is 0 Å². The van der Waals surface area contributed by atoms with Gasteiger partial charge >= 0.3 is 0 Å². The molecule has 1 aromatic rings. The smallest absolute Gasteiger partial charge is 0.119 e. The van der Waals surface area contributed by atoms with E-state index in [9.17, 15) is 5.11 Å². The number of rotatable bonds is 3. The van der Waals surface area contributed by atoms with Gasteiger partial charge in [-0.1, -0.05) is 12.1 Å². The molecule has 0 unspecified atom stereocenters. The molecule has 3 nitrogen and oxygen atoms in total. The van der Waals surface area contributed by atoms with Gasteiger partial charge in [0.15, 0.2) is 0 Å². The van der Waals surface area contributed by atoms with Crippen molar-refractivity contribution in [2.75, 3.05) is 13.7 Å². The molecule has 0 aliphatic heterocycles. The molecule has 13 heavy (non-hydrogen) atoms. The molecule has 4 heteroatoms. The highest BCUT2D eigenvalue weighted by molar-refractivity contribution is 7.59. The lowest BCUT2D eigenvalue weighted by Crippen LogP contribution is -2.02. The van der Waals surface area contributed by atoms with Gasteiger partial charge in [-0.05, 0) is 17.7 Å². The van der Waals surface area contributed by atoms with Crippen molar-refractivity contribution in [2.24, 2.45) is 0 Å². The zero-order valence-electron chi connectivity index (χ0n) is 7.40. The Labute approximate surface area is 84.4 Å². The molecule has 1 rings (SSSR count). The number of methoxy groups -OCH3 is 1. The van der Waals surface area contributed by atoms with Crippen LogP contribution in [0.5, 0.6) is 5.75 Å². The zero-order valence-corrected chi connectivity index (χ0v) is 8.40. The van der Waals surface area contributed by atoms with Gasteiger partial charge in [-0.15, -0.1) is 0 Å². The van der Waals surface area contributed by atoms with Crippen molar-refractivity contribution in [3.05, 3.63) is 29.8 Å². The van der Waals surface area contributed by atoms with Crippen LogP contribution in [-0.4, -0.2) is 23.9 Å². The Kier molecular flexibility index (Phi) is 5.53. The number of benzene rings is 1. The van der Waals surface area contributed by atoms with E-state index in [1.165, 1.54) is 0 Å². The molecule has 0 heterocycles. The minimum absolute atomic E-state index is 0. The molecular weight excluding hydrogens is 188 g/mol. The van der Waals surface area contributed by atoms with Gasteiger partial charge in [0.2, 0.25) is 0 Å². The van der Waals surface area contributed by atoms with Crippen LogP contribution in [0.1, 0.15) is 11.7 Å². The summed E-state index contributed by atoms with van der Waals surface area (Å²) in [7, 11) is 1.56. The summed E-state index contributed by atoms with van der Waals surface area (Å²) in [5.74, 6) is 0.681. The van der Waals surface area contributed by atoms with Crippen molar-refractivity contribution in [3.8, 4) is 5.75 Å². The van der Waals surface area contributed by atoms with Crippen LogP contribution in [-0.2, 0) is 0 Å². The van der Waals surface area contributed by atoms with Crippen LogP contribution in [0.3, 0.4) is 0 Å². The van der Waals surface area contributed by atoms with E-state index in [-0.39, 0.29) is 20.1 Å². The fourth-order valence-corrected chi connectivity index (χ4v) is 0.954. The lowest BCUT2D eigenvalue weighted by molar-refractivity contribution is 0.0954. The van der Waals surface area contributed by atoms with Gasteiger partial charge in [-0.3, -0.25) is 0 Å². The van der Waals surface area contributed by atoms with E-state index in [1.54, 1.807) is 31.4 Å². The van der Waals surface area contributed by atoms with Crippen LogP contribution in [0.4, 0.5) is 0 Å². The monoisotopic (exact) mass is 202 g/mol. The third-order valence-corrected chi connectivity index (χ3v) is 1.65. The number of hydrogen-bond donors (Lipinski definition) is 2. The standard InChI is InChI=1S/C9H12O3.H2S/c1-12-8-4-2-3-7(5-8)9(11)6-10;/h2-5,9-11H,6H2,1H3;1H2/t9-;/m0./s1. The molecule has 1 aromatic carbocycles. The summed E-state index contributed by atoms with van der Waals surface area (Å²) in [5.41, 5.74) is 0.664.